The van der Waals surface area contributed by atoms with Crippen LogP contribution in [0.2, 0.25) is 5.02 Å². The molecule has 1 unspecified atom stereocenters. The molecule has 3 nitrogen and oxygen atoms in total. The van der Waals surface area contributed by atoms with E-state index in [2.05, 4.69) is 20.8 Å². The quantitative estimate of drug-likeness (QED) is 0.662. The summed E-state index contributed by atoms with van der Waals surface area (Å²) in [4.78, 5) is 0. The van der Waals surface area contributed by atoms with Gasteiger partial charge in [-0.15, -0.1) is 0 Å². The van der Waals surface area contributed by atoms with E-state index in [0.717, 1.165) is 31.4 Å². The van der Waals surface area contributed by atoms with Gasteiger partial charge >= 0.3 is 0 Å². The fraction of sp³-hybridized carbons (Fsp3) is 0.647. The number of rotatable bonds is 10. The first-order valence-corrected chi connectivity index (χ1v) is 8.15. The minimum Gasteiger partial charge on any atom is -0.490 e. The van der Waals surface area contributed by atoms with Crippen LogP contribution in [0.4, 0.5) is 0 Å². The van der Waals surface area contributed by atoms with Crippen molar-refractivity contribution >= 4 is 11.6 Å². The second kappa shape index (κ2) is 10.0. The summed E-state index contributed by atoms with van der Waals surface area (Å²) in [5.41, 5.74) is 7.10. The highest BCUT2D eigenvalue weighted by molar-refractivity contribution is 6.32. The summed E-state index contributed by atoms with van der Waals surface area (Å²) in [5.74, 6) is 1.38. The molecule has 0 spiro atoms. The zero-order valence-electron chi connectivity index (χ0n) is 13.4. The molecule has 0 fully saturated rings. The van der Waals surface area contributed by atoms with E-state index in [9.17, 15) is 0 Å². The Morgan fingerprint density at radius 3 is 2.57 bits per heavy atom. The van der Waals surface area contributed by atoms with Gasteiger partial charge in [0, 0.05) is 12.6 Å². The predicted molar refractivity (Wildman–Crippen MR) is 89.2 cm³/mol. The number of ether oxygens (including phenoxy) is 2. The third-order valence-electron chi connectivity index (χ3n) is 3.34. The normalized spacial score (nSPS) is 12.7. The van der Waals surface area contributed by atoms with Gasteiger partial charge in [-0.05, 0) is 42.9 Å². The molecule has 0 aromatic heterocycles. The number of nitrogens with two attached hydrogens (primary N) is 1. The van der Waals surface area contributed by atoms with Crippen LogP contribution < -0.4 is 10.5 Å². The molecule has 1 aromatic carbocycles. The molecular weight excluding hydrogens is 286 g/mol. The van der Waals surface area contributed by atoms with Crippen LogP contribution in [0.25, 0.3) is 0 Å². The van der Waals surface area contributed by atoms with Crippen LogP contribution in [0, 0.1) is 5.92 Å². The van der Waals surface area contributed by atoms with Crippen molar-refractivity contribution in [2.45, 2.75) is 46.1 Å². The van der Waals surface area contributed by atoms with E-state index in [0.29, 0.717) is 29.9 Å². The largest absolute Gasteiger partial charge is 0.490 e. The van der Waals surface area contributed by atoms with E-state index in [-0.39, 0.29) is 6.04 Å². The van der Waals surface area contributed by atoms with Crippen molar-refractivity contribution in [2.24, 2.45) is 11.7 Å². The Morgan fingerprint density at radius 1 is 1.19 bits per heavy atom. The van der Waals surface area contributed by atoms with E-state index in [1.165, 1.54) is 0 Å². The molecular formula is C17H28ClNO2. The Kier molecular flexibility index (Phi) is 8.74. The molecule has 0 bridgehead atoms. The van der Waals surface area contributed by atoms with Crippen molar-refractivity contribution < 1.29 is 9.47 Å². The fourth-order valence-corrected chi connectivity index (χ4v) is 2.12. The molecule has 0 amide bonds. The molecule has 0 heterocycles. The standard InChI is InChI=1S/C17H28ClNO2/c1-4-15(19)11-14-5-6-17(16(18)12-14)21-10-9-20-8-7-13(2)3/h5-6,12-13,15H,4,7-11,19H2,1-3H3. The zero-order chi connectivity index (χ0) is 15.7. The molecule has 0 saturated heterocycles. The molecule has 1 aromatic rings. The molecule has 0 radical (unpaired) electrons. The summed E-state index contributed by atoms with van der Waals surface area (Å²) < 4.78 is 11.2. The lowest BCUT2D eigenvalue weighted by Crippen LogP contribution is -2.21. The van der Waals surface area contributed by atoms with Crippen LogP contribution in [0.15, 0.2) is 18.2 Å². The van der Waals surface area contributed by atoms with E-state index >= 15 is 0 Å². The van der Waals surface area contributed by atoms with E-state index in [4.69, 9.17) is 26.8 Å². The van der Waals surface area contributed by atoms with E-state index in [1.54, 1.807) is 0 Å². The van der Waals surface area contributed by atoms with Crippen molar-refractivity contribution in [3.05, 3.63) is 28.8 Å². The highest BCUT2D eigenvalue weighted by Crippen LogP contribution is 2.26. The van der Waals surface area contributed by atoms with Crippen LogP contribution >= 0.6 is 11.6 Å². The lowest BCUT2D eigenvalue weighted by atomic mass is 10.0. The van der Waals surface area contributed by atoms with Gasteiger partial charge in [0.05, 0.1) is 11.6 Å². The van der Waals surface area contributed by atoms with Crippen LogP contribution in [0.1, 0.15) is 39.2 Å². The van der Waals surface area contributed by atoms with Crippen molar-refractivity contribution in [2.75, 3.05) is 19.8 Å². The number of benzene rings is 1. The summed E-state index contributed by atoms with van der Waals surface area (Å²) in [5, 5.41) is 0.637. The molecule has 4 heteroatoms. The summed E-state index contributed by atoms with van der Waals surface area (Å²) >= 11 is 6.23. The lowest BCUT2D eigenvalue weighted by molar-refractivity contribution is 0.0926. The second-order valence-electron chi connectivity index (χ2n) is 5.78. The maximum absolute atomic E-state index is 6.23. The monoisotopic (exact) mass is 313 g/mol. The number of hydrogen-bond acceptors (Lipinski definition) is 3. The van der Waals surface area contributed by atoms with E-state index in [1.807, 2.05) is 18.2 Å². The first-order chi connectivity index (χ1) is 10.0. The smallest absolute Gasteiger partial charge is 0.138 e. The molecule has 0 aliphatic rings. The Hall–Kier alpha value is -0.770. The Labute approximate surface area is 133 Å². The average molecular weight is 314 g/mol. The Morgan fingerprint density at radius 2 is 1.95 bits per heavy atom. The van der Waals surface area contributed by atoms with Gasteiger partial charge in [0.15, 0.2) is 0 Å². The summed E-state index contributed by atoms with van der Waals surface area (Å²) in [6, 6.07) is 6.05. The van der Waals surface area contributed by atoms with Crippen molar-refractivity contribution in [3.8, 4) is 5.75 Å². The number of hydrogen-bond donors (Lipinski definition) is 1. The van der Waals surface area contributed by atoms with Crippen LogP contribution in [0.3, 0.4) is 0 Å². The van der Waals surface area contributed by atoms with Gasteiger partial charge in [0.1, 0.15) is 12.4 Å². The Balaban J connectivity index is 2.32. The highest BCUT2D eigenvalue weighted by Gasteiger charge is 2.06. The molecule has 120 valence electrons. The average Bonchev–Trinajstić information content (AvgIpc) is 2.44. The molecule has 21 heavy (non-hydrogen) atoms. The summed E-state index contributed by atoms with van der Waals surface area (Å²) in [6.45, 7) is 8.35. The highest BCUT2D eigenvalue weighted by atomic mass is 35.5. The van der Waals surface area contributed by atoms with Crippen molar-refractivity contribution in [3.63, 3.8) is 0 Å². The third kappa shape index (κ3) is 7.70. The summed E-state index contributed by atoms with van der Waals surface area (Å²) in [6.07, 6.45) is 2.88. The van der Waals surface area contributed by atoms with Gasteiger partial charge in [-0.1, -0.05) is 38.4 Å². The topological polar surface area (TPSA) is 44.5 Å². The maximum atomic E-state index is 6.23. The first kappa shape index (κ1) is 18.3. The molecule has 2 N–H and O–H groups in total. The van der Waals surface area contributed by atoms with Crippen LogP contribution in [-0.4, -0.2) is 25.9 Å². The molecule has 1 atom stereocenters. The number of halogens is 1. The van der Waals surface area contributed by atoms with E-state index < -0.39 is 0 Å². The minimum absolute atomic E-state index is 0.183. The maximum Gasteiger partial charge on any atom is 0.138 e. The Bertz CT molecular complexity index is 410. The fourth-order valence-electron chi connectivity index (χ4n) is 1.87. The molecule has 0 aliphatic carbocycles. The zero-order valence-corrected chi connectivity index (χ0v) is 14.2. The molecule has 1 rings (SSSR count). The minimum atomic E-state index is 0.183. The van der Waals surface area contributed by atoms with Gasteiger partial charge in [0.25, 0.3) is 0 Å². The SMILES string of the molecule is CCC(N)Cc1ccc(OCCOCCC(C)C)c(Cl)c1. The van der Waals surface area contributed by atoms with Crippen LogP contribution in [-0.2, 0) is 11.2 Å². The van der Waals surface area contributed by atoms with Gasteiger partial charge in [-0.25, -0.2) is 0 Å². The van der Waals surface area contributed by atoms with Gasteiger partial charge in [0.2, 0.25) is 0 Å². The van der Waals surface area contributed by atoms with Gasteiger partial charge < -0.3 is 15.2 Å². The van der Waals surface area contributed by atoms with Crippen molar-refractivity contribution in [1.82, 2.24) is 0 Å². The predicted octanol–water partition coefficient (Wildman–Crippen LogP) is 4.06. The van der Waals surface area contributed by atoms with Crippen LogP contribution in [0.5, 0.6) is 5.75 Å². The lowest BCUT2D eigenvalue weighted by Gasteiger charge is -2.12. The molecule has 0 saturated carbocycles. The summed E-state index contributed by atoms with van der Waals surface area (Å²) in [7, 11) is 0. The first-order valence-electron chi connectivity index (χ1n) is 7.77. The second-order valence-corrected chi connectivity index (χ2v) is 6.19. The van der Waals surface area contributed by atoms with Crippen molar-refractivity contribution in [1.29, 1.82) is 0 Å². The van der Waals surface area contributed by atoms with Gasteiger partial charge in [-0.2, -0.15) is 0 Å². The third-order valence-corrected chi connectivity index (χ3v) is 3.64. The molecule has 0 aliphatic heterocycles. The van der Waals surface area contributed by atoms with Gasteiger partial charge in [-0.3, -0.25) is 0 Å².